The summed E-state index contributed by atoms with van der Waals surface area (Å²) in [7, 11) is 0. The SMILES string of the molecule is Cc1ccc2ccc(F)c(C)c2n1. The van der Waals surface area contributed by atoms with Crippen LogP contribution in [0.25, 0.3) is 10.9 Å². The number of pyridine rings is 1. The second-order valence-corrected chi connectivity index (χ2v) is 3.20. The Labute approximate surface area is 76.2 Å². The molecule has 0 spiro atoms. The molecule has 0 fully saturated rings. The first-order chi connectivity index (χ1) is 6.18. The summed E-state index contributed by atoms with van der Waals surface area (Å²) in [6, 6.07) is 7.13. The van der Waals surface area contributed by atoms with Crippen molar-refractivity contribution in [1.82, 2.24) is 4.98 Å². The van der Waals surface area contributed by atoms with Crippen LogP contribution in [0.3, 0.4) is 0 Å². The van der Waals surface area contributed by atoms with Crippen molar-refractivity contribution in [3.8, 4) is 0 Å². The Morgan fingerprint density at radius 3 is 2.54 bits per heavy atom. The summed E-state index contributed by atoms with van der Waals surface area (Å²) in [6.07, 6.45) is 0. The molecule has 2 heteroatoms. The summed E-state index contributed by atoms with van der Waals surface area (Å²) >= 11 is 0. The number of hydrogen-bond donors (Lipinski definition) is 0. The molecule has 0 aliphatic heterocycles. The minimum absolute atomic E-state index is 0.189. The van der Waals surface area contributed by atoms with Gasteiger partial charge in [0.1, 0.15) is 5.82 Å². The Hall–Kier alpha value is -1.44. The molecule has 0 aliphatic rings. The van der Waals surface area contributed by atoms with E-state index >= 15 is 0 Å². The molecular formula is C11H10FN. The number of benzene rings is 1. The van der Waals surface area contributed by atoms with E-state index in [1.807, 2.05) is 19.1 Å². The molecule has 0 radical (unpaired) electrons. The van der Waals surface area contributed by atoms with Gasteiger partial charge < -0.3 is 0 Å². The smallest absolute Gasteiger partial charge is 0.128 e. The third-order valence-electron chi connectivity index (χ3n) is 2.19. The van der Waals surface area contributed by atoms with Gasteiger partial charge in [0.2, 0.25) is 0 Å². The lowest BCUT2D eigenvalue weighted by atomic mass is 10.1. The van der Waals surface area contributed by atoms with Gasteiger partial charge in [-0.1, -0.05) is 6.07 Å². The van der Waals surface area contributed by atoms with E-state index in [-0.39, 0.29) is 5.82 Å². The van der Waals surface area contributed by atoms with Crippen LogP contribution in [0, 0.1) is 19.7 Å². The van der Waals surface area contributed by atoms with E-state index in [0.717, 1.165) is 16.6 Å². The standard InChI is InChI=1S/C11H10FN/c1-7-3-4-9-5-6-10(12)8(2)11(9)13-7/h3-6H,1-2H3. The molecule has 0 unspecified atom stereocenters. The third kappa shape index (κ3) is 1.28. The van der Waals surface area contributed by atoms with E-state index in [1.54, 1.807) is 13.0 Å². The highest BCUT2D eigenvalue weighted by atomic mass is 19.1. The molecule has 0 saturated heterocycles. The highest BCUT2D eigenvalue weighted by Crippen LogP contribution is 2.18. The molecule has 0 saturated carbocycles. The topological polar surface area (TPSA) is 12.9 Å². The fraction of sp³-hybridized carbons (Fsp3) is 0.182. The van der Waals surface area contributed by atoms with Gasteiger partial charge in [0.05, 0.1) is 5.52 Å². The summed E-state index contributed by atoms with van der Waals surface area (Å²) in [5.41, 5.74) is 2.31. The number of aromatic nitrogens is 1. The summed E-state index contributed by atoms with van der Waals surface area (Å²) in [5.74, 6) is -0.189. The molecule has 0 bridgehead atoms. The maximum absolute atomic E-state index is 13.1. The average Bonchev–Trinajstić information content (AvgIpc) is 2.12. The first kappa shape index (κ1) is 8.17. The Kier molecular flexibility index (Phi) is 1.76. The van der Waals surface area contributed by atoms with Crippen LogP contribution in [0.4, 0.5) is 4.39 Å². The Balaban J connectivity index is 2.89. The molecule has 1 aromatic carbocycles. The summed E-state index contributed by atoms with van der Waals surface area (Å²) in [6.45, 7) is 3.66. The van der Waals surface area contributed by atoms with Gasteiger partial charge in [0.15, 0.2) is 0 Å². The predicted octanol–water partition coefficient (Wildman–Crippen LogP) is 2.99. The van der Waals surface area contributed by atoms with E-state index in [9.17, 15) is 4.39 Å². The van der Waals surface area contributed by atoms with Gasteiger partial charge in [-0.2, -0.15) is 0 Å². The van der Waals surface area contributed by atoms with Gasteiger partial charge in [0, 0.05) is 16.6 Å². The minimum Gasteiger partial charge on any atom is -0.253 e. The maximum atomic E-state index is 13.1. The zero-order valence-corrected chi connectivity index (χ0v) is 7.63. The van der Waals surface area contributed by atoms with Crippen LogP contribution < -0.4 is 0 Å². The summed E-state index contributed by atoms with van der Waals surface area (Å²) in [4.78, 5) is 4.30. The molecule has 1 nitrogen and oxygen atoms in total. The number of nitrogens with zero attached hydrogens (tertiary/aromatic N) is 1. The van der Waals surface area contributed by atoms with Crippen molar-refractivity contribution in [2.24, 2.45) is 0 Å². The lowest BCUT2D eigenvalue weighted by Gasteiger charge is -2.02. The van der Waals surface area contributed by atoms with Gasteiger partial charge in [-0.3, -0.25) is 4.98 Å². The van der Waals surface area contributed by atoms with Crippen LogP contribution >= 0.6 is 0 Å². The van der Waals surface area contributed by atoms with E-state index in [1.165, 1.54) is 6.07 Å². The van der Waals surface area contributed by atoms with Gasteiger partial charge >= 0.3 is 0 Å². The van der Waals surface area contributed by atoms with Crippen molar-refractivity contribution < 1.29 is 4.39 Å². The van der Waals surface area contributed by atoms with Crippen LogP contribution in [0.15, 0.2) is 24.3 Å². The van der Waals surface area contributed by atoms with Crippen LogP contribution in [0.1, 0.15) is 11.3 Å². The molecule has 2 aromatic rings. The second kappa shape index (κ2) is 2.80. The third-order valence-corrected chi connectivity index (χ3v) is 2.19. The lowest BCUT2D eigenvalue weighted by Crippen LogP contribution is -1.89. The van der Waals surface area contributed by atoms with Crippen LogP contribution in [-0.4, -0.2) is 4.98 Å². The fourth-order valence-electron chi connectivity index (χ4n) is 1.40. The van der Waals surface area contributed by atoms with E-state index in [2.05, 4.69) is 4.98 Å². The molecule has 0 N–H and O–H groups in total. The normalized spacial score (nSPS) is 10.7. The average molecular weight is 175 g/mol. The van der Waals surface area contributed by atoms with E-state index in [4.69, 9.17) is 0 Å². The Bertz CT molecular complexity index is 458. The van der Waals surface area contributed by atoms with Crippen LogP contribution in [0.5, 0.6) is 0 Å². The quantitative estimate of drug-likeness (QED) is 0.599. The van der Waals surface area contributed by atoms with Crippen molar-refractivity contribution in [3.05, 3.63) is 41.3 Å². The van der Waals surface area contributed by atoms with Crippen LogP contribution in [-0.2, 0) is 0 Å². The first-order valence-electron chi connectivity index (χ1n) is 4.21. The lowest BCUT2D eigenvalue weighted by molar-refractivity contribution is 0.620. The summed E-state index contributed by atoms with van der Waals surface area (Å²) in [5, 5.41) is 0.990. The molecule has 1 heterocycles. The molecule has 0 aliphatic carbocycles. The van der Waals surface area contributed by atoms with Crippen molar-refractivity contribution in [2.75, 3.05) is 0 Å². The first-order valence-corrected chi connectivity index (χ1v) is 4.21. The van der Waals surface area contributed by atoms with Gasteiger partial charge in [0.25, 0.3) is 0 Å². The largest absolute Gasteiger partial charge is 0.253 e. The second-order valence-electron chi connectivity index (χ2n) is 3.20. The van der Waals surface area contributed by atoms with Gasteiger partial charge in [-0.25, -0.2) is 4.39 Å². The van der Waals surface area contributed by atoms with Crippen molar-refractivity contribution in [3.63, 3.8) is 0 Å². The maximum Gasteiger partial charge on any atom is 0.128 e. The van der Waals surface area contributed by atoms with Crippen LogP contribution in [0.2, 0.25) is 0 Å². The highest BCUT2D eigenvalue weighted by Gasteiger charge is 2.03. The zero-order chi connectivity index (χ0) is 9.42. The number of hydrogen-bond acceptors (Lipinski definition) is 1. The number of rotatable bonds is 0. The summed E-state index contributed by atoms with van der Waals surface area (Å²) < 4.78 is 13.1. The molecule has 0 amide bonds. The van der Waals surface area contributed by atoms with Gasteiger partial charge in [-0.15, -0.1) is 0 Å². The van der Waals surface area contributed by atoms with Crippen molar-refractivity contribution >= 4 is 10.9 Å². The van der Waals surface area contributed by atoms with E-state index in [0.29, 0.717) is 5.56 Å². The molecule has 13 heavy (non-hydrogen) atoms. The highest BCUT2D eigenvalue weighted by molar-refractivity contribution is 5.81. The Morgan fingerprint density at radius 1 is 1.08 bits per heavy atom. The van der Waals surface area contributed by atoms with Gasteiger partial charge in [-0.05, 0) is 32.0 Å². The minimum atomic E-state index is -0.189. The number of aryl methyl sites for hydroxylation is 2. The fourth-order valence-corrected chi connectivity index (χ4v) is 1.40. The zero-order valence-electron chi connectivity index (χ0n) is 7.63. The van der Waals surface area contributed by atoms with E-state index < -0.39 is 0 Å². The Morgan fingerprint density at radius 2 is 1.77 bits per heavy atom. The predicted molar refractivity (Wildman–Crippen MR) is 51.2 cm³/mol. The molecular weight excluding hydrogens is 165 g/mol. The molecule has 1 aromatic heterocycles. The number of halogens is 1. The molecule has 2 rings (SSSR count). The van der Waals surface area contributed by atoms with Crippen molar-refractivity contribution in [2.45, 2.75) is 13.8 Å². The molecule has 0 atom stereocenters. The number of fused-ring (bicyclic) bond motifs is 1. The molecule has 66 valence electrons. The monoisotopic (exact) mass is 175 g/mol. The van der Waals surface area contributed by atoms with Crippen molar-refractivity contribution in [1.29, 1.82) is 0 Å².